The SMILES string of the molecule is CNC1=NS(=O)(=O)Oc2cc(Br)cc(Br)c21. The van der Waals surface area contributed by atoms with Crippen molar-refractivity contribution in [3.05, 3.63) is 26.6 Å². The highest BCUT2D eigenvalue weighted by Crippen LogP contribution is 2.34. The van der Waals surface area contributed by atoms with Crippen molar-refractivity contribution >= 4 is 48.0 Å². The molecule has 16 heavy (non-hydrogen) atoms. The number of fused-ring (bicyclic) bond motifs is 1. The third-order valence-corrected chi connectivity index (χ3v) is 3.77. The molecule has 0 aromatic heterocycles. The van der Waals surface area contributed by atoms with E-state index in [-0.39, 0.29) is 11.6 Å². The van der Waals surface area contributed by atoms with Gasteiger partial charge in [0.15, 0.2) is 11.6 Å². The number of halogens is 2. The summed E-state index contributed by atoms with van der Waals surface area (Å²) < 4.78 is 32.3. The van der Waals surface area contributed by atoms with Gasteiger partial charge in [-0.15, -0.1) is 4.40 Å². The van der Waals surface area contributed by atoms with E-state index in [4.69, 9.17) is 4.18 Å². The van der Waals surface area contributed by atoms with Crippen LogP contribution >= 0.6 is 31.9 Å². The molecule has 0 saturated heterocycles. The highest BCUT2D eigenvalue weighted by Gasteiger charge is 2.26. The van der Waals surface area contributed by atoms with Crippen LogP contribution in [-0.2, 0) is 10.3 Å². The van der Waals surface area contributed by atoms with Crippen LogP contribution in [-0.4, -0.2) is 21.3 Å². The molecule has 1 aromatic rings. The number of rotatable bonds is 0. The molecule has 0 atom stereocenters. The maximum Gasteiger partial charge on any atom is 0.430 e. The first kappa shape index (κ1) is 11.9. The molecule has 1 aromatic carbocycles. The summed E-state index contributed by atoms with van der Waals surface area (Å²) in [4.78, 5) is 0. The Kier molecular flexibility index (Phi) is 2.97. The zero-order valence-corrected chi connectivity index (χ0v) is 12.0. The molecule has 0 spiro atoms. The van der Waals surface area contributed by atoms with Crippen molar-refractivity contribution in [2.24, 2.45) is 4.40 Å². The molecule has 5 nitrogen and oxygen atoms in total. The third kappa shape index (κ3) is 2.09. The zero-order valence-electron chi connectivity index (χ0n) is 7.99. The van der Waals surface area contributed by atoms with Crippen molar-refractivity contribution in [3.8, 4) is 5.75 Å². The van der Waals surface area contributed by atoms with Gasteiger partial charge in [-0.2, -0.15) is 8.42 Å². The number of hydrogen-bond donors (Lipinski definition) is 1. The zero-order chi connectivity index (χ0) is 11.9. The second kappa shape index (κ2) is 4.01. The molecule has 0 fully saturated rings. The first-order valence-electron chi connectivity index (χ1n) is 4.14. The van der Waals surface area contributed by atoms with E-state index >= 15 is 0 Å². The lowest BCUT2D eigenvalue weighted by atomic mass is 10.2. The Morgan fingerprint density at radius 3 is 2.69 bits per heavy atom. The van der Waals surface area contributed by atoms with Crippen LogP contribution in [0.4, 0.5) is 0 Å². The van der Waals surface area contributed by atoms with Crippen molar-refractivity contribution in [1.29, 1.82) is 0 Å². The highest BCUT2D eigenvalue weighted by atomic mass is 79.9. The molecule has 0 amide bonds. The molecule has 0 unspecified atom stereocenters. The highest BCUT2D eigenvalue weighted by molar-refractivity contribution is 9.11. The van der Waals surface area contributed by atoms with Crippen LogP contribution in [0.2, 0.25) is 0 Å². The van der Waals surface area contributed by atoms with Gasteiger partial charge in [0.1, 0.15) is 0 Å². The van der Waals surface area contributed by atoms with Gasteiger partial charge < -0.3 is 9.50 Å². The Morgan fingerprint density at radius 1 is 1.38 bits per heavy atom. The lowest BCUT2D eigenvalue weighted by Gasteiger charge is -2.18. The number of hydrogen-bond acceptors (Lipinski definition) is 4. The normalized spacial score (nSPS) is 17.1. The lowest BCUT2D eigenvalue weighted by molar-refractivity contribution is 0.484. The van der Waals surface area contributed by atoms with E-state index in [9.17, 15) is 8.42 Å². The average Bonchev–Trinajstić information content (AvgIpc) is 2.13. The maximum absolute atomic E-state index is 11.3. The fraction of sp³-hybridized carbons (Fsp3) is 0.125. The Bertz CT molecular complexity index is 583. The van der Waals surface area contributed by atoms with Crippen LogP contribution in [0.15, 0.2) is 25.5 Å². The van der Waals surface area contributed by atoms with Gasteiger partial charge in [0, 0.05) is 16.0 Å². The number of benzene rings is 1. The van der Waals surface area contributed by atoms with Crippen LogP contribution in [0.1, 0.15) is 5.56 Å². The monoisotopic (exact) mass is 368 g/mol. The molecule has 0 aliphatic carbocycles. The second-order valence-electron chi connectivity index (χ2n) is 2.96. The molecular weight excluding hydrogens is 364 g/mol. The first-order chi connectivity index (χ1) is 7.43. The van der Waals surface area contributed by atoms with E-state index < -0.39 is 10.3 Å². The molecule has 0 saturated carbocycles. The van der Waals surface area contributed by atoms with E-state index in [2.05, 4.69) is 41.6 Å². The number of amidine groups is 1. The summed E-state index contributed by atoms with van der Waals surface area (Å²) in [7, 11) is -2.31. The quantitative estimate of drug-likeness (QED) is 0.757. The predicted molar refractivity (Wildman–Crippen MR) is 67.0 cm³/mol. The summed E-state index contributed by atoms with van der Waals surface area (Å²) in [6.45, 7) is 0. The summed E-state index contributed by atoms with van der Waals surface area (Å²) in [5.41, 5.74) is 0.584. The largest absolute Gasteiger partial charge is 0.430 e. The molecule has 0 bridgehead atoms. The summed E-state index contributed by atoms with van der Waals surface area (Å²) >= 11 is 6.58. The fourth-order valence-electron chi connectivity index (χ4n) is 1.31. The molecule has 1 aliphatic rings. The Morgan fingerprint density at radius 2 is 2.06 bits per heavy atom. The van der Waals surface area contributed by atoms with Crippen molar-refractivity contribution in [2.75, 3.05) is 7.05 Å². The molecule has 8 heteroatoms. The van der Waals surface area contributed by atoms with Crippen LogP contribution in [0.5, 0.6) is 5.75 Å². The second-order valence-corrected chi connectivity index (χ2v) is 5.94. The molecule has 1 heterocycles. The van der Waals surface area contributed by atoms with Gasteiger partial charge in [-0.05, 0) is 28.1 Å². The van der Waals surface area contributed by atoms with Gasteiger partial charge in [0.05, 0.1) is 5.56 Å². The van der Waals surface area contributed by atoms with E-state index in [1.165, 1.54) is 0 Å². The first-order valence-corrected chi connectivity index (χ1v) is 7.09. The Hall–Kier alpha value is -0.600. The van der Waals surface area contributed by atoms with Crippen LogP contribution in [0, 0.1) is 0 Å². The van der Waals surface area contributed by atoms with Gasteiger partial charge in [0.25, 0.3) is 0 Å². The lowest BCUT2D eigenvalue weighted by Crippen LogP contribution is -2.28. The van der Waals surface area contributed by atoms with Crippen LogP contribution in [0.25, 0.3) is 0 Å². The van der Waals surface area contributed by atoms with Crippen molar-refractivity contribution in [3.63, 3.8) is 0 Å². The Labute approximate surface area is 109 Å². The fourth-order valence-corrected chi connectivity index (χ4v) is 3.48. The minimum Gasteiger partial charge on any atom is -0.372 e. The van der Waals surface area contributed by atoms with Gasteiger partial charge in [0.2, 0.25) is 0 Å². The maximum atomic E-state index is 11.3. The summed E-state index contributed by atoms with van der Waals surface area (Å²) in [5, 5.41) is 2.72. The smallest absolute Gasteiger partial charge is 0.372 e. The van der Waals surface area contributed by atoms with Gasteiger partial charge in [-0.1, -0.05) is 15.9 Å². The average molecular weight is 370 g/mol. The molecular formula is C8H6Br2N2O3S. The summed E-state index contributed by atoms with van der Waals surface area (Å²) in [6.07, 6.45) is 0. The van der Waals surface area contributed by atoms with E-state index in [1.807, 2.05) is 0 Å². The van der Waals surface area contributed by atoms with Crippen molar-refractivity contribution < 1.29 is 12.6 Å². The van der Waals surface area contributed by atoms with Crippen molar-refractivity contribution in [1.82, 2.24) is 5.32 Å². The Balaban J connectivity index is 2.74. The molecule has 1 N–H and O–H groups in total. The van der Waals surface area contributed by atoms with Crippen LogP contribution in [0.3, 0.4) is 0 Å². The molecule has 1 aliphatic heterocycles. The minimum atomic E-state index is -3.91. The van der Waals surface area contributed by atoms with E-state index in [1.54, 1.807) is 19.2 Å². The summed E-state index contributed by atoms with van der Waals surface area (Å²) in [5.74, 6) is 0.487. The predicted octanol–water partition coefficient (Wildman–Crippen LogP) is 1.81. The topological polar surface area (TPSA) is 67.8 Å². The van der Waals surface area contributed by atoms with Crippen molar-refractivity contribution in [2.45, 2.75) is 0 Å². The van der Waals surface area contributed by atoms with Gasteiger partial charge >= 0.3 is 10.3 Å². The van der Waals surface area contributed by atoms with Crippen LogP contribution < -0.4 is 9.50 Å². The van der Waals surface area contributed by atoms with E-state index in [0.717, 1.165) is 0 Å². The molecule has 0 radical (unpaired) electrons. The molecule has 86 valence electrons. The van der Waals surface area contributed by atoms with Gasteiger partial charge in [-0.3, -0.25) is 0 Å². The minimum absolute atomic E-state index is 0.237. The standard InChI is InChI=1S/C8H6Br2N2O3S/c1-11-8-7-5(10)2-4(9)3-6(7)15-16(13,14)12-8/h2-3H,1H3,(H,11,12). The number of nitrogens with zero attached hydrogens (tertiary/aromatic N) is 1. The van der Waals surface area contributed by atoms with E-state index in [0.29, 0.717) is 14.5 Å². The number of nitrogens with one attached hydrogen (secondary N) is 1. The van der Waals surface area contributed by atoms with Gasteiger partial charge in [-0.25, -0.2) is 0 Å². The molecule has 2 rings (SSSR count). The third-order valence-electron chi connectivity index (χ3n) is 1.89. The summed E-state index contributed by atoms with van der Waals surface area (Å²) in [6, 6.07) is 3.36.